The minimum atomic E-state index is -3.69. The third kappa shape index (κ3) is 4.07. The first kappa shape index (κ1) is 17.7. The Morgan fingerprint density at radius 3 is 2.25 bits per heavy atom. The molecule has 0 amide bonds. The van der Waals surface area contributed by atoms with Gasteiger partial charge in [0.05, 0.1) is 5.02 Å². The van der Waals surface area contributed by atoms with Crippen LogP contribution in [0.4, 0.5) is 0 Å². The predicted molar refractivity (Wildman–Crippen MR) is 82.7 cm³/mol. The lowest BCUT2D eigenvalue weighted by Gasteiger charge is -2.21. The van der Waals surface area contributed by atoms with Crippen molar-refractivity contribution in [1.29, 1.82) is 0 Å². The summed E-state index contributed by atoms with van der Waals surface area (Å²) in [7, 11) is 1.58. The van der Waals surface area contributed by atoms with Crippen molar-refractivity contribution < 1.29 is 8.42 Å². The maximum Gasteiger partial charge on any atom is 0.244 e. The molecule has 0 aliphatic rings. The number of nitrogens with two attached hydrogens (primary N) is 1. The molecule has 0 saturated carbocycles. The second-order valence-electron chi connectivity index (χ2n) is 4.71. The second-order valence-corrected chi connectivity index (χ2v) is 7.54. The second kappa shape index (κ2) is 7.06. The summed E-state index contributed by atoms with van der Waals surface area (Å²) in [4.78, 5) is 1.89. The van der Waals surface area contributed by atoms with Gasteiger partial charge in [-0.2, -0.15) is 4.31 Å². The zero-order valence-electron chi connectivity index (χ0n) is 11.7. The van der Waals surface area contributed by atoms with Crippen LogP contribution in [-0.4, -0.2) is 51.9 Å². The molecule has 0 aromatic heterocycles. The third-order valence-electron chi connectivity index (χ3n) is 2.85. The highest BCUT2D eigenvalue weighted by atomic mass is 35.5. The number of sulfonamides is 1. The first-order chi connectivity index (χ1) is 9.20. The van der Waals surface area contributed by atoms with Gasteiger partial charge in [0.25, 0.3) is 0 Å². The fraction of sp³-hybridized carbons (Fsp3) is 0.500. The van der Waals surface area contributed by atoms with Gasteiger partial charge in [-0.15, -0.1) is 0 Å². The molecule has 1 aromatic rings. The molecule has 0 unspecified atom stereocenters. The van der Waals surface area contributed by atoms with Crippen molar-refractivity contribution in [3.8, 4) is 0 Å². The van der Waals surface area contributed by atoms with Crippen LogP contribution in [0.15, 0.2) is 17.0 Å². The van der Waals surface area contributed by atoms with E-state index in [0.29, 0.717) is 23.7 Å². The lowest BCUT2D eigenvalue weighted by atomic mass is 10.2. The molecule has 0 bridgehead atoms. The van der Waals surface area contributed by atoms with Crippen LogP contribution in [0.25, 0.3) is 0 Å². The smallest absolute Gasteiger partial charge is 0.244 e. The van der Waals surface area contributed by atoms with E-state index >= 15 is 0 Å². The number of hydrogen-bond donors (Lipinski definition) is 1. The number of rotatable bonds is 6. The van der Waals surface area contributed by atoms with Crippen LogP contribution in [0, 0.1) is 0 Å². The summed E-state index contributed by atoms with van der Waals surface area (Å²) in [5.74, 6) is 0. The van der Waals surface area contributed by atoms with Crippen LogP contribution in [0.3, 0.4) is 0 Å². The summed E-state index contributed by atoms with van der Waals surface area (Å²) in [5.41, 5.74) is 6.06. The van der Waals surface area contributed by atoms with Gasteiger partial charge in [0.1, 0.15) is 4.90 Å². The van der Waals surface area contributed by atoms with Crippen molar-refractivity contribution in [3.63, 3.8) is 0 Å². The van der Waals surface area contributed by atoms with Crippen LogP contribution in [0.5, 0.6) is 0 Å². The highest BCUT2D eigenvalue weighted by Crippen LogP contribution is 2.30. The Morgan fingerprint density at radius 2 is 1.75 bits per heavy atom. The van der Waals surface area contributed by atoms with Crippen molar-refractivity contribution in [3.05, 3.63) is 27.7 Å². The normalized spacial score (nSPS) is 12.4. The molecule has 114 valence electrons. The molecule has 0 aliphatic carbocycles. The fourth-order valence-electron chi connectivity index (χ4n) is 1.58. The van der Waals surface area contributed by atoms with E-state index in [1.54, 1.807) is 6.07 Å². The summed E-state index contributed by atoms with van der Waals surface area (Å²) < 4.78 is 26.3. The Labute approximate surface area is 130 Å². The molecule has 0 radical (unpaired) electrons. The molecule has 20 heavy (non-hydrogen) atoms. The Kier molecular flexibility index (Phi) is 6.25. The molecule has 1 rings (SSSR count). The molecule has 0 heterocycles. The van der Waals surface area contributed by atoms with E-state index in [1.165, 1.54) is 17.4 Å². The number of halogens is 2. The van der Waals surface area contributed by atoms with Crippen LogP contribution in [0.2, 0.25) is 10.0 Å². The van der Waals surface area contributed by atoms with E-state index in [4.69, 9.17) is 28.9 Å². The van der Waals surface area contributed by atoms with E-state index < -0.39 is 10.0 Å². The molecule has 0 atom stereocenters. The van der Waals surface area contributed by atoms with E-state index in [0.717, 1.165) is 0 Å². The lowest BCUT2D eigenvalue weighted by Crippen LogP contribution is -2.33. The number of likely N-dealkylation sites (N-methyl/N-ethyl adjacent to an activating group) is 2. The van der Waals surface area contributed by atoms with Crippen molar-refractivity contribution >= 4 is 33.2 Å². The Hall–Kier alpha value is -0.370. The molecule has 0 aliphatic heterocycles. The molecular weight excluding hydrogens is 321 g/mol. The monoisotopic (exact) mass is 339 g/mol. The summed E-state index contributed by atoms with van der Waals surface area (Å²) in [6, 6.07) is 2.92. The zero-order chi connectivity index (χ0) is 15.5. The van der Waals surface area contributed by atoms with E-state index in [2.05, 4.69) is 0 Å². The number of hydrogen-bond acceptors (Lipinski definition) is 4. The summed E-state index contributed by atoms with van der Waals surface area (Å²) in [6.07, 6.45) is 0. The summed E-state index contributed by atoms with van der Waals surface area (Å²) in [6.45, 7) is 1.09. The molecule has 0 spiro atoms. The minimum Gasteiger partial charge on any atom is -0.326 e. The van der Waals surface area contributed by atoms with E-state index in [9.17, 15) is 8.42 Å². The van der Waals surface area contributed by atoms with Gasteiger partial charge in [-0.25, -0.2) is 8.42 Å². The number of benzene rings is 1. The summed E-state index contributed by atoms with van der Waals surface area (Å²) in [5, 5.41) is 0.433. The quantitative estimate of drug-likeness (QED) is 0.855. The standard InChI is InChI=1S/C12H19Cl2N3O2S/c1-16(2)4-5-17(3)20(18,19)11-7-10(13)6-9(8-15)12(11)14/h6-7H,4-5,8,15H2,1-3H3. The van der Waals surface area contributed by atoms with E-state index in [-0.39, 0.29) is 16.5 Å². The highest BCUT2D eigenvalue weighted by Gasteiger charge is 2.25. The first-order valence-corrected chi connectivity index (χ1v) is 8.18. The van der Waals surface area contributed by atoms with Crippen molar-refractivity contribution in [1.82, 2.24) is 9.21 Å². The van der Waals surface area contributed by atoms with Crippen molar-refractivity contribution in [2.45, 2.75) is 11.4 Å². The van der Waals surface area contributed by atoms with Gasteiger partial charge in [0.2, 0.25) is 10.0 Å². The fourth-order valence-corrected chi connectivity index (χ4v) is 3.66. The Morgan fingerprint density at radius 1 is 1.15 bits per heavy atom. The van der Waals surface area contributed by atoms with Gasteiger partial charge in [-0.3, -0.25) is 0 Å². The average molecular weight is 340 g/mol. The largest absolute Gasteiger partial charge is 0.326 e. The molecular formula is C12H19Cl2N3O2S. The lowest BCUT2D eigenvalue weighted by molar-refractivity contribution is 0.358. The van der Waals surface area contributed by atoms with Crippen LogP contribution < -0.4 is 5.73 Å². The molecule has 8 heteroatoms. The maximum atomic E-state index is 12.5. The van der Waals surface area contributed by atoms with Crippen LogP contribution in [-0.2, 0) is 16.6 Å². The Balaban J connectivity index is 3.18. The number of nitrogens with zero attached hydrogens (tertiary/aromatic N) is 2. The summed E-state index contributed by atoms with van der Waals surface area (Å²) >= 11 is 12.1. The van der Waals surface area contributed by atoms with Crippen molar-refractivity contribution in [2.75, 3.05) is 34.2 Å². The molecule has 0 fully saturated rings. The van der Waals surface area contributed by atoms with Crippen molar-refractivity contribution in [2.24, 2.45) is 5.73 Å². The topological polar surface area (TPSA) is 66.6 Å². The van der Waals surface area contributed by atoms with Gasteiger partial charge < -0.3 is 10.6 Å². The van der Waals surface area contributed by atoms with Gasteiger partial charge in [0.15, 0.2) is 0 Å². The molecule has 5 nitrogen and oxygen atoms in total. The minimum absolute atomic E-state index is 0.00614. The van der Waals surface area contributed by atoms with Gasteiger partial charge >= 0.3 is 0 Å². The third-order valence-corrected chi connectivity index (χ3v) is 5.51. The van der Waals surface area contributed by atoms with Crippen LogP contribution >= 0.6 is 23.2 Å². The highest BCUT2D eigenvalue weighted by molar-refractivity contribution is 7.89. The maximum absolute atomic E-state index is 12.5. The van der Waals surface area contributed by atoms with Gasteiger partial charge in [0, 0.05) is 31.7 Å². The zero-order valence-corrected chi connectivity index (χ0v) is 14.1. The SMILES string of the molecule is CN(C)CCN(C)S(=O)(=O)c1cc(Cl)cc(CN)c1Cl. The first-order valence-electron chi connectivity index (χ1n) is 5.99. The molecule has 2 N–H and O–H groups in total. The van der Waals surface area contributed by atoms with Crippen LogP contribution in [0.1, 0.15) is 5.56 Å². The van der Waals surface area contributed by atoms with Gasteiger partial charge in [-0.05, 0) is 31.8 Å². The predicted octanol–water partition coefficient (Wildman–Crippen LogP) is 1.63. The Bertz CT molecular complexity index is 576. The average Bonchev–Trinajstić information content (AvgIpc) is 2.37. The molecule has 1 aromatic carbocycles. The van der Waals surface area contributed by atoms with Gasteiger partial charge in [-0.1, -0.05) is 23.2 Å². The van der Waals surface area contributed by atoms with E-state index in [1.807, 2.05) is 19.0 Å². The molecule has 0 saturated heterocycles.